The maximum atomic E-state index is 5.26. The maximum absolute atomic E-state index is 5.26. The van der Waals surface area contributed by atoms with Crippen molar-refractivity contribution in [1.29, 1.82) is 0 Å². The van der Waals surface area contributed by atoms with Crippen LogP contribution in [0.4, 0.5) is 0 Å². The molecule has 2 nitrogen and oxygen atoms in total. The maximum Gasteiger partial charge on any atom is 0.0662 e. The van der Waals surface area contributed by atoms with Crippen LogP contribution >= 0.6 is 11.8 Å². The summed E-state index contributed by atoms with van der Waals surface area (Å²) in [6, 6.07) is 0. The van der Waals surface area contributed by atoms with Crippen molar-refractivity contribution >= 4 is 11.8 Å². The quantitative estimate of drug-likeness (QED) is 0.628. The van der Waals surface area contributed by atoms with E-state index in [-0.39, 0.29) is 0 Å². The molecule has 1 fully saturated rings. The summed E-state index contributed by atoms with van der Waals surface area (Å²) >= 11 is 1.81. The highest BCUT2D eigenvalue weighted by Crippen LogP contribution is 2.17. The third kappa shape index (κ3) is 2.42. The van der Waals surface area contributed by atoms with Gasteiger partial charge in [-0.25, -0.2) is 0 Å². The predicted molar refractivity (Wildman–Crippen MR) is 49.7 cm³/mol. The van der Waals surface area contributed by atoms with E-state index in [4.69, 9.17) is 4.74 Å². The highest BCUT2D eigenvalue weighted by molar-refractivity contribution is 8.02. The Hall–Kier alpha value is -0.150. The van der Waals surface area contributed by atoms with Gasteiger partial charge in [-0.1, -0.05) is 6.08 Å². The first-order valence-corrected chi connectivity index (χ1v) is 5.14. The van der Waals surface area contributed by atoms with E-state index in [1.54, 1.807) is 0 Å². The van der Waals surface area contributed by atoms with E-state index in [9.17, 15) is 0 Å². The second-order valence-corrected chi connectivity index (χ2v) is 3.26. The summed E-state index contributed by atoms with van der Waals surface area (Å²) in [5.41, 5.74) is 0. The largest absolute Gasteiger partial charge is 0.378 e. The number of hydrogen-bond donors (Lipinski definition) is 0. The molecule has 0 aromatic carbocycles. The van der Waals surface area contributed by atoms with Gasteiger partial charge in [0, 0.05) is 13.1 Å². The third-order valence-electron chi connectivity index (χ3n) is 1.78. The van der Waals surface area contributed by atoms with Crippen molar-refractivity contribution in [2.24, 2.45) is 0 Å². The van der Waals surface area contributed by atoms with Gasteiger partial charge in [-0.2, -0.15) is 0 Å². The zero-order valence-electron chi connectivity index (χ0n) is 7.17. The zero-order valence-corrected chi connectivity index (χ0v) is 7.99. The van der Waals surface area contributed by atoms with Crippen LogP contribution < -0.4 is 0 Å². The minimum atomic E-state index is 0.873. The SMILES string of the molecule is C/C=C(/SC)N1CCOCC1. The number of hydrogen-bond acceptors (Lipinski definition) is 3. The molecule has 0 amide bonds. The molecule has 1 saturated heterocycles. The highest BCUT2D eigenvalue weighted by Gasteiger charge is 2.11. The first kappa shape index (κ1) is 8.94. The van der Waals surface area contributed by atoms with Crippen LogP contribution in [-0.4, -0.2) is 37.5 Å². The van der Waals surface area contributed by atoms with Crippen LogP contribution in [0.1, 0.15) is 6.92 Å². The van der Waals surface area contributed by atoms with Crippen molar-refractivity contribution in [1.82, 2.24) is 4.90 Å². The fourth-order valence-corrected chi connectivity index (χ4v) is 1.89. The van der Waals surface area contributed by atoms with Gasteiger partial charge in [0.1, 0.15) is 0 Å². The molecule has 0 aromatic rings. The molecule has 0 unspecified atom stereocenters. The van der Waals surface area contributed by atoms with Crippen LogP contribution in [0.25, 0.3) is 0 Å². The zero-order chi connectivity index (χ0) is 8.10. The monoisotopic (exact) mass is 173 g/mol. The van der Waals surface area contributed by atoms with Gasteiger partial charge in [0.2, 0.25) is 0 Å². The fraction of sp³-hybridized carbons (Fsp3) is 0.750. The Morgan fingerprint density at radius 3 is 2.55 bits per heavy atom. The molecule has 0 aliphatic carbocycles. The topological polar surface area (TPSA) is 12.5 Å². The molecule has 0 saturated carbocycles. The third-order valence-corrected chi connectivity index (χ3v) is 2.69. The Morgan fingerprint density at radius 2 is 2.09 bits per heavy atom. The number of ether oxygens (including phenoxy) is 1. The van der Waals surface area contributed by atoms with Crippen molar-refractivity contribution in [3.8, 4) is 0 Å². The lowest BCUT2D eigenvalue weighted by molar-refractivity contribution is 0.0576. The number of thioether (sulfide) groups is 1. The molecule has 0 radical (unpaired) electrons. The summed E-state index contributed by atoms with van der Waals surface area (Å²) < 4.78 is 5.26. The number of morpholine rings is 1. The van der Waals surface area contributed by atoms with E-state index in [1.165, 1.54) is 5.03 Å². The molecule has 0 bridgehead atoms. The lowest BCUT2D eigenvalue weighted by atomic mass is 10.4. The minimum absolute atomic E-state index is 0.873. The number of nitrogens with zero attached hydrogens (tertiary/aromatic N) is 1. The normalized spacial score (nSPS) is 20.5. The van der Waals surface area contributed by atoms with Crippen molar-refractivity contribution in [2.75, 3.05) is 32.6 Å². The average Bonchev–Trinajstić information content (AvgIpc) is 2.09. The van der Waals surface area contributed by atoms with Crippen LogP contribution in [-0.2, 0) is 4.74 Å². The molecule has 1 rings (SSSR count). The van der Waals surface area contributed by atoms with E-state index >= 15 is 0 Å². The van der Waals surface area contributed by atoms with Gasteiger partial charge in [-0.15, -0.1) is 11.8 Å². The molecule has 1 heterocycles. The summed E-state index contributed by atoms with van der Waals surface area (Å²) in [6.45, 7) is 5.91. The van der Waals surface area contributed by atoms with Gasteiger partial charge in [-0.05, 0) is 13.2 Å². The Bertz CT molecular complexity index is 141. The van der Waals surface area contributed by atoms with Crippen LogP contribution in [0.15, 0.2) is 11.1 Å². The molecule has 0 atom stereocenters. The average molecular weight is 173 g/mol. The molecule has 0 N–H and O–H groups in total. The van der Waals surface area contributed by atoms with Gasteiger partial charge in [0.25, 0.3) is 0 Å². The molecular formula is C8H15NOS. The van der Waals surface area contributed by atoms with E-state index in [0.29, 0.717) is 0 Å². The predicted octanol–water partition coefficient (Wildman–Crippen LogP) is 1.54. The van der Waals surface area contributed by atoms with Crippen LogP contribution in [0.5, 0.6) is 0 Å². The second-order valence-electron chi connectivity index (χ2n) is 2.43. The Labute approximate surface area is 72.6 Å². The number of allylic oxidation sites excluding steroid dienone is 1. The summed E-state index contributed by atoms with van der Waals surface area (Å²) in [7, 11) is 0. The van der Waals surface area contributed by atoms with E-state index < -0.39 is 0 Å². The molecule has 3 heteroatoms. The molecule has 0 aromatic heterocycles. The van der Waals surface area contributed by atoms with Gasteiger partial charge < -0.3 is 9.64 Å². The molecule has 0 spiro atoms. The van der Waals surface area contributed by atoms with Crippen LogP contribution in [0.3, 0.4) is 0 Å². The fourth-order valence-electron chi connectivity index (χ4n) is 1.21. The highest BCUT2D eigenvalue weighted by atomic mass is 32.2. The Kier molecular flexibility index (Phi) is 3.80. The van der Waals surface area contributed by atoms with Crippen LogP contribution in [0.2, 0.25) is 0 Å². The van der Waals surface area contributed by atoms with E-state index in [0.717, 1.165) is 26.3 Å². The lowest BCUT2D eigenvalue weighted by Crippen LogP contribution is -2.34. The smallest absolute Gasteiger partial charge is 0.0662 e. The summed E-state index contributed by atoms with van der Waals surface area (Å²) in [5.74, 6) is 0. The Balaban J connectivity index is 2.43. The van der Waals surface area contributed by atoms with Crippen LogP contribution in [0, 0.1) is 0 Å². The first-order valence-electron chi connectivity index (χ1n) is 3.91. The molecule has 64 valence electrons. The van der Waals surface area contributed by atoms with Gasteiger partial charge in [0.05, 0.1) is 18.2 Å². The van der Waals surface area contributed by atoms with Crippen molar-refractivity contribution < 1.29 is 4.74 Å². The number of rotatable bonds is 2. The summed E-state index contributed by atoms with van der Waals surface area (Å²) in [6.07, 6.45) is 4.28. The molecule has 1 aliphatic rings. The Morgan fingerprint density at radius 1 is 1.45 bits per heavy atom. The lowest BCUT2D eigenvalue weighted by Gasteiger charge is -2.29. The molecule has 11 heavy (non-hydrogen) atoms. The van der Waals surface area contributed by atoms with E-state index in [2.05, 4.69) is 24.2 Å². The van der Waals surface area contributed by atoms with E-state index in [1.807, 2.05) is 11.8 Å². The van der Waals surface area contributed by atoms with Crippen molar-refractivity contribution in [3.63, 3.8) is 0 Å². The minimum Gasteiger partial charge on any atom is -0.378 e. The van der Waals surface area contributed by atoms with Gasteiger partial charge in [0.15, 0.2) is 0 Å². The molecule has 1 aliphatic heterocycles. The summed E-state index contributed by atoms with van der Waals surface area (Å²) in [4.78, 5) is 2.37. The second kappa shape index (κ2) is 4.67. The summed E-state index contributed by atoms with van der Waals surface area (Å²) in [5, 5.41) is 1.37. The van der Waals surface area contributed by atoms with Gasteiger partial charge in [-0.3, -0.25) is 0 Å². The standard InChI is InChI=1S/C8H15NOS/c1-3-8(11-2)9-4-6-10-7-5-9/h3H,4-7H2,1-2H3/b8-3+. The molecular weight excluding hydrogens is 158 g/mol. The van der Waals surface area contributed by atoms with Gasteiger partial charge >= 0.3 is 0 Å². The first-order chi connectivity index (χ1) is 5.38. The van der Waals surface area contributed by atoms with Crippen molar-refractivity contribution in [3.05, 3.63) is 11.1 Å². The van der Waals surface area contributed by atoms with Crippen molar-refractivity contribution in [2.45, 2.75) is 6.92 Å².